The summed E-state index contributed by atoms with van der Waals surface area (Å²) in [6.45, 7) is 1.85. The summed E-state index contributed by atoms with van der Waals surface area (Å²) in [6, 6.07) is 8.50. The molecule has 0 saturated carbocycles. The van der Waals surface area contributed by atoms with Crippen LogP contribution in [0.4, 0.5) is 0 Å². The third-order valence-corrected chi connectivity index (χ3v) is 3.94. The number of methoxy groups -OCH3 is 1. The molecule has 0 amide bonds. The molecule has 2 atom stereocenters. The minimum absolute atomic E-state index is 0.167. The van der Waals surface area contributed by atoms with Crippen molar-refractivity contribution in [3.63, 3.8) is 0 Å². The fraction of sp³-hybridized carbons (Fsp3) is 0.562. The lowest BCUT2D eigenvalue weighted by molar-refractivity contribution is 0.209. The molecule has 4 heteroatoms. The van der Waals surface area contributed by atoms with Gasteiger partial charge in [-0.1, -0.05) is 18.6 Å². The Morgan fingerprint density at radius 1 is 1.40 bits per heavy atom. The molecule has 0 aliphatic carbocycles. The van der Waals surface area contributed by atoms with Crippen molar-refractivity contribution in [2.24, 2.45) is 4.99 Å². The van der Waals surface area contributed by atoms with E-state index in [1.165, 1.54) is 18.4 Å². The highest BCUT2D eigenvalue weighted by molar-refractivity contribution is 5.83. The Hall–Kier alpha value is -1.55. The van der Waals surface area contributed by atoms with E-state index in [9.17, 15) is 0 Å². The fourth-order valence-electron chi connectivity index (χ4n) is 2.86. The molecule has 1 saturated heterocycles. The molecule has 20 heavy (non-hydrogen) atoms. The normalized spacial score (nSPS) is 25.9. The standard InChI is InChI=1S/C16H22N2O2/c1-19-13-6-4-5-12(9-13)10-14-11-18-16(20-14)15-7-2-3-8-17-15/h4-6,9,14-15,17H,2-3,7-8,10-11H2,1H3. The number of benzene rings is 1. The van der Waals surface area contributed by atoms with E-state index in [2.05, 4.69) is 22.4 Å². The van der Waals surface area contributed by atoms with Gasteiger partial charge in [-0.3, -0.25) is 4.99 Å². The summed E-state index contributed by atoms with van der Waals surface area (Å²) in [5.41, 5.74) is 1.24. The quantitative estimate of drug-likeness (QED) is 0.915. The van der Waals surface area contributed by atoms with Gasteiger partial charge in [0.2, 0.25) is 5.90 Å². The maximum atomic E-state index is 6.03. The molecule has 3 rings (SSSR count). The van der Waals surface area contributed by atoms with E-state index in [-0.39, 0.29) is 6.10 Å². The van der Waals surface area contributed by atoms with Crippen LogP contribution in [0.5, 0.6) is 5.75 Å². The molecule has 1 aromatic carbocycles. The molecule has 4 nitrogen and oxygen atoms in total. The van der Waals surface area contributed by atoms with Crippen molar-refractivity contribution in [1.29, 1.82) is 0 Å². The minimum atomic E-state index is 0.167. The van der Waals surface area contributed by atoms with E-state index in [0.717, 1.165) is 37.6 Å². The summed E-state index contributed by atoms with van der Waals surface area (Å²) in [5, 5.41) is 3.49. The number of hydrogen-bond acceptors (Lipinski definition) is 4. The van der Waals surface area contributed by atoms with Crippen LogP contribution in [0.15, 0.2) is 29.3 Å². The van der Waals surface area contributed by atoms with E-state index in [1.54, 1.807) is 7.11 Å². The van der Waals surface area contributed by atoms with Crippen molar-refractivity contribution in [1.82, 2.24) is 5.32 Å². The zero-order chi connectivity index (χ0) is 13.8. The Bertz CT molecular complexity index is 481. The number of hydrogen-bond donors (Lipinski definition) is 1. The van der Waals surface area contributed by atoms with Crippen LogP contribution in [0, 0.1) is 0 Å². The zero-order valence-corrected chi connectivity index (χ0v) is 12.0. The molecule has 1 aromatic rings. The van der Waals surface area contributed by atoms with Gasteiger partial charge in [0.15, 0.2) is 0 Å². The molecule has 0 aromatic heterocycles. The highest BCUT2D eigenvalue weighted by atomic mass is 16.5. The van der Waals surface area contributed by atoms with Gasteiger partial charge in [0, 0.05) is 6.42 Å². The van der Waals surface area contributed by atoms with Gasteiger partial charge in [0.1, 0.15) is 11.9 Å². The second kappa shape index (κ2) is 6.27. The number of ether oxygens (including phenoxy) is 2. The lowest BCUT2D eigenvalue weighted by Gasteiger charge is -2.23. The van der Waals surface area contributed by atoms with E-state index in [0.29, 0.717) is 6.04 Å². The first kappa shape index (κ1) is 13.4. The van der Waals surface area contributed by atoms with E-state index in [4.69, 9.17) is 9.47 Å². The summed E-state index contributed by atoms with van der Waals surface area (Å²) in [7, 11) is 1.70. The maximum Gasteiger partial charge on any atom is 0.201 e. The SMILES string of the molecule is COc1cccc(CC2CN=C(C3CCCCN3)O2)c1. The van der Waals surface area contributed by atoms with Crippen LogP contribution < -0.4 is 10.1 Å². The van der Waals surface area contributed by atoms with E-state index in [1.807, 2.05) is 12.1 Å². The summed E-state index contributed by atoms with van der Waals surface area (Å²) in [4.78, 5) is 4.58. The van der Waals surface area contributed by atoms with Gasteiger partial charge >= 0.3 is 0 Å². The van der Waals surface area contributed by atoms with Gasteiger partial charge in [0.05, 0.1) is 19.7 Å². The first-order chi connectivity index (χ1) is 9.85. The topological polar surface area (TPSA) is 42.8 Å². The van der Waals surface area contributed by atoms with Crippen molar-refractivity contribution in [3.8, 4) is 5.75 Å². The van der Waals surface area contributed by atoms with Crippen LogP contribution in [0.3, 0.4) is 0 Å². The van der Waals surface area contributed by atoms with Crippen LogP contribution in [0.1, 0.15) is 24.8 Å². The van der Waals surface area contributed by atoms with Crippen molar-refractivity contribution >= 4 is 5.90 Å². The molecule has 0 radical (unpaired) electrons. The van der Waals surface area contributed by atoms with Crippen LogP contribution in [-0.4, -0.2) is 38.2 Å². The Balaban J connectivity index is 1.55. The summed E-state index contributed by atoms with van der Waals surface area (Å²) in [5.74, 6) is 1.81. The number of nitrogens with zero attached hydrogens (tertiary/aromatic N) is 1. The van der Waals surface area contributed by atoms with Crippen LogP contribution in [0.2, 0.25) is 0 Å². The molecule has 2 aliphatic rings. The second-order valence-electron chi connectivity index (χ2n) is 5.48. The Morgan fingerprint density at radius 2 is 2.35 bits per heavy atom. The van der Waals surface area contributed by atoms with E-state index >= 15 is 0 Å². The predicted octanol–water partition coefficient (Wildman–Crippen LogP) is 2.18. The molecule has 1 fully saturated rings. The minimum Gasteiger partial charge on any atom is -0.497 e. The third kappa shape index (κ3) is 3.12. The van der Waals surface area contributed by atoms with Crippen LogP contribution >= 0.6 is 0 Å². The predicted molar refractivity (Wildman–Crippen MR) is 79.5 cm³/mol. The summed E-state index contributed by atoms with van der Waals surface area (Å²) < 4.78 is 11.3. The van der Waals surface area contributed by atoms with Gasteiger partial charge in [-0.05, 0) is 37.1 Å². The third-order valence-electron chi connectivity index (χ3n) is 3.94. The molecular weight excluding hydrogens is 252 g/mol. The highest BCUT2D eigenvalue weighted by Gasteiger charge is 2.27. The average Bonchev–Trinajstić information content (AvgIpc) is 2.97. The maximum absolute atomic E-state index is 6.03. The number of aliphatic imine (C=N–C) groups is 1. The molecule has 2 unspecified atom stereocenters. The largest absolute Gasteiger partial charge is 0.497 e. The number of nitrogens with one attached hydrogen (secondary N) is 1. The number of piperidine rings is 1. The molecular formula is C16H22N2O2. The molecule has 0 bridgehead atoms. The van der Waals surface area contributed by atoms with Crippen molar-refractivity contribution in [2.45, 2.75) is 37.8 Å². The Morgan fingerprint density at radius 3 is 3.15 bits per heavy atom. The Kier molecular flexibility index (Phi) is 4.21. The summed E-state index contributed by atoms with van der Waals surface area (Å²) in [6.07, 6.45) is 4.72. The molecule has 2 heterocycles. The fourth-order valence-corrected chi connectivity index (χ4v) is 2.86. The van der Waals surface area contributed by atoms with Crippen molar-refractivity contribution in [2.75, 3.05) is 20.2 Å². The highest BCUT2D eigenvalue weighted by Crippen LogP contribution is 2.19. The van der Waals surface area contributed by atoms with Gasteiger partial charge < -0.3 is 14.8 Å². The second-order valence-corrected chi connectivity index (χ2v) is 5.48. The summed E-state index contributed by atoms with van der Waals surface area (Å²) >= 11 is 0. The molecule has 2 aliphatic heterocycles. The van der Waals surface area contributed by atoms with Gasteiger partial charge in [0.25, 0.3) is 0 Å². The van der Waals surface area contributed by atoms with E-state index < -0.39 is 0 Å². The lowest BCUT2D eigenvalue weighted by Crippen LogP contribution is -2.41. The molecule has 1 N–H and O–H groups in total. The molecule has 108 valence electrons. The zero-order valence-electron chi connectivity index (χ0n) is 12.0. The number of rotatable bonds is 4. The van der Waals surface area contributed by atoms with Crippen molar-refractivity contribution < 1.29 is 9.47 Å². The first-order valence-corrected chi connectivity index (χ1v) is 7.42. The molecule has 0 spiro atoms. The van der Waals surface area contributed by atoms with Gasteiger partial charge in [-0.2, -0.15) is 0 Å². The first-order valence-electron chi connectivity index (χ1n) is 7.42. The van der Waals surface area contributed by atoms with Crippen LogP contribution in [0.25, 0.3) is 0 Å². The Labute approximate surface area is 120 Å². The average molecular weight is 274 g/mol. The van der Waals surface area contributed by atoms with Gasteiger partial charge in [-0.15, -0.1) is 0 Å². The van der Waals surface area contributed by atoms with Gasteiger partial charge in [-0.25, -0.2) is 0 Å². The van der Waals surface area contributed by atoms with Crippen LogP contribution in [-0.2, 0) is 11.2 Å². The monoisotopic (exact) mass is 274 g/mol. The smallest absolute Gasteiger partial charge is 0.201 e. The van der Waals surface area contributed by atoms with Crippen molar-refractivity contribution in [3.05, 3.63) is 29.8 Å². The lowest BCUT2D eigenvalue weighted by atomic mass is 10.1.